The van der Waals surface area contributed by atoms with Crippen LogP contribution in [0.25, 0.3) is 0 Å². The second-order valence-electron chi connectivity index (χ2n) is 7.17. The molecule has 0 radical (unpaired) electrons. The highest BCUT2D eigenvalue weighted by Crippen LogP contribution is 2.55. The van der Waals surface area contributed by atoms with E-state index in [1.807, 2.05) is 0 Å². The predicted octanol–water partition coefficient (Wildman–Crippen LogP) is 4.74. The molecule has 0 saturated heterocycles. The third-order valence-corrected chi connectivity index (χ3v) is 5.67. The molecular formula is C19H29N. The first kappa shape index (κ1) is 14.1. The van der Waals surface area contributed by atoms with E-state index in [1.54, 1.807) is 5.56 Å². The van der Waals surface area contributed by atoms with Gasteiger partial charge in [0.1, 0.15) is 0 Å². The van der Waals surface area contributed by atoms with Crippen molar-refractivity contribution in [2.45, 2.75) is 64.3 Å². The molecule has 0 aliphatic heterocycles. The lowest BCUT2D eigenvalue weighted by atomic mass is 9.68. The zero-order valence-electron chi connectivity index (χ0n) is 13.1. The molecule has 3 unspecified atom stereocenters. The topological polar surface area (TPSA) is 12.0 Å². The van der Waals surface area contributed by atoms with Gasteiger partial charge in [-0.15, -0.1) is 0 Å². The molecule has 2 aliphatic carbocycles. The Kier molecular flexibility index (Phi) is 4.16. The van der Waals surface area contributed by atoms with Gasteiger partial charge in [-0.2, -0.15) is 0 Å². The van der Waals surface area contributed by atoms with Gasteiger partial charge in [0.15, 0.2) is 0 Å². The van der Waals surface area contributed by atoms with E-state index in [0.717, 1.165) is 24.4 Å². The van der Waals surface area contributed by atoms with Crippen LogP contribution < -0.4 is 5.32 Å². The first-order chi connectivity index (χ1) is 9.74. The van der Waals surface area contributed by atoms with E-state index in [1.165, 1.54) is 38.5 Å². The molecule has 3 rings (SSSR count). The minimum Gasteiger partial charge on any atom is -0.313 e. The summed E-state index contributed by atoms with van der Waals surface area (Å²) in [6.45, 7) is 5.91. The van der Waals surface area contributed by atoms with E-state index in [0.29, 0.717) is 5.41 Å². The monoisotopic (exact) mass is 271 g/mol. The van der Waals surface area contributed by atoms with E-state index in [2.05, 4.69) is 49.5 Å². The molecule has 0 spiro atoms. The Bertz CT molecular complexity index is 419. The molecule has 1 aromatic carbocycles. The lowest BCUT2D eigenvalue weighted by Gasteiger charge is -2.42. The minimum absolute atomic E-state index is 0.530. The van der Waals surface area contributed by atoms with Crippen molar-refractivity contribution in [1.82, 2.24) is 5.32 Å². The fourth-order valence-electron chi connectivity index (χ4n) is 4.47. The van der Waals surface area contributed by atoms with Crippen LogP contribution >= 0.6 is 0 Å². The lowest BCUT2D eigenvalue weighted by molar-refractivity contribution is 0.129. The maximum atomic E-state index is 3.85. The molecule has 2 aliphatic rings. The summed E-state index contributed by atoms with van der Waals surface area (Å²) in [6.07, 6.45) is 8.53. The standard InChI is InChI=1S/C19H29N/c1-3-20-18(19(2)12-8-5-9-13-19)17-14-16(17)15-10-6-4-7-11-15/h4,6-7,10-11,16-18,20H,3,5,8-9,12-14H2,1-2H3. The molecule has 1 N–H and O–H groups in total. The molecule has 2 saturated carbocycles. The van der Waals surface area contributed by atoms with Crippen LogP contribution in [0.2, 0.25) is 0 Å². The number of nitrogens with one attached hydrogen (secondary N) is 1. The van der Waals surface area contributed by atoms with Gasteiger partial charge in [0, 0.05) is 6.04 Å². The van der Waals surface area contributed by atoms with E-state index >= 15 is 0 Å². The molecule has 1 heteroatoms. The number of benzene rings is 1. The van der Waals surface area contributed by atoms with Crippen molar-refractivity contribution < 1.29 is 0 Å². The molecular weight excluding hydrogens is 242 g/mol. The van der Waals surface area contributed by atoms with Crippen LogP contribution in [0.15, 0.2) is 30.3 Å². The van der Waals surface area contributed by atoms with Crippen LogP contribution in [0.4, 0.5) is 0 Å². The summed E-state index contributed by atoms with van der Waals surface area (Å²) in [4.78, 5) is 0. The van der Waals surface area contributed by atoms with E-state index in [9.17, 15) is 0 Å². The van der Waals surface area contributed by atoms with Gasteiger partial charge in [-0.25, -0.2) is 0 Å². The van der Waals surface area contributed by atoms with Crippen molar-refractivity contribution in [3.63, 3.8) is 0 Å². The molecule has 3 atom stereocenters. The van der Waals surface area contributed by atoms with Gasteiger partial charge in [0.05, 0.1) is 0 Å². The second-order valence-corrected chi connectivity index (χ2v) is 7.17. The van der Waals surface area contributed by atoms with Gasteiger partial charge in [0.2, 0.25) is 0 Å². The maximum Gasteiger partial charge on any atom is 0.0155 e. The number of rotatable bonds is 5. The van der Waals surface area contributed by atoms with Crippen molar-refractivity contribution in [2.24, 2.45) is 11.3 Å². The number of hydrogen-bond acceptors (Lipinski definition) is 1. The first-order valence-electron chi connectivity index (χ1n) is 8.53. The smallest absolute Gasteiger partial charge is 0.0155 e. The minimum atomic E-state index is 0.530. The van der Waals surface area contributed by atoms with Crippen LogP contribution in [0.1, 0.15) is 63.9 Å². The highest BCUT2D eigenvalue weighted by molar-refractivity contribution is 5.27. The molecule has 1 aromatic rings. The van der Waals surface area contributed by atoms with Crippen molar-refractivity contribution in [3.8, 4) is 0 Å². The average molecular weight is 271 g/mol. The Morgan fingerprint density at radius 1 is 1.15 bits per heavy atom. The summed E-state index contributed by atoms with van der Waals surface area (Å²) < 4.78 is 0. The Balaban J connectivity index is 1.72. The molecule has 0 bridgehead atoms. The van der Waals surface area contributed by atoms with Crippen LogP contribution in [0.5, 0.6) is 0 Å². The molecule has 1 nitrogen and oxygen atoms in total. The summed E-state index contributed by atoms with van der Waals surface area (Å²) in [5.41, 5.74) is 2.09. The van der Waals surface area contributed by atoms with Crippen LogP contribution in [-0.2, 0) is 0 Å². The Morgan fingerprint density at radius 2 is 1.85 bits per heavy atom. The van der Waals surface area contributed by atoms with Crippen molar-refractivity contribution in [3.05, 3.63) is 35.9 Å². The van der Waals surface area contributed by atoms with Crippen molar-refractivity contribution >= 4 is 0 Å². The van der Waals surface area contributed by atoms with Gasteiger partial charge in [-0.05, 0) is 48.6 Å². The fraction of sp³-hybridized carbons (Fsp3) is 0.684. The fourth-order valence-corrected chi connectivity index (χ4v) is 4.47. The largest absolute Gasteiger partial charge is 0.313 e. The lowest BCUT2D eigenvalue weighted by Crippen LogP contribution is -2.46. The van der Waals surface area contributed by atoms with Gasteiger partial charge in [0.25, 0.3) is 0 Å². The van der Waals surface area contributed by atoms with E-state index in [4.69, 9.17) is 0 Å². The Morgan fingerprint density at radius 3 is 2.50 bits per heavy atom. The molecule has 110 valence electrons. The highest BCUT2D eigenvalue weighted by atomic mass is 14.9. The Labute approximate surface area is 124 Å². The summed E-state index contributed by atoms with van der Waals surface area (Å²) >= 11 is 0. The Hall–Kier alpha value is -0.820. The maximum absolute atomic E-state index is 3.85. The third kappa shape index (κ3) is 2.79. The highest BCUT2D eigenvalue weighted by Gasteiger charge is 2.50. The molecule has 0 amide bonds. The predicted molar refractivity (Wildman–Crippen MR) is 85.9 cm³/mol. The molecule has 0 aromatic heterocycles. The van der Waals surface area contributed by atoms with E-state index < -0.39 is 0 Å². The van der Waals surface area contributed by atoms with Crippen molar-refractivity contribution in [1.29, 1.82) is 0 Å². The third-order valence-electron chi connectivity index (χ3n) is 5.67. The molecule has 20 heavy (non-hydrogen) atoms. The normalized spacial score (nSPS) is 29.9. The molecule has 2 fully saturated rings. The summed E-state index contributed by atoms with van der Waals surface area (Å²) in [5, 5.41) is 3.85. The van der Waals surface area contributed by atoms with Crippen molar-refractivity contribution in [2.75, 3.05) is 6.54 Å². The van der Waals surface area contributed by atoms with Gasteiger partial charge >= 0.3 is 0 Å². The first-order valence-corrected chi connectivity index (χ1v) is 8.53. The zero-order chi connectivity index (χ0) is 14.0. The summed E-state index contributed by atoms with van der Waals surface area (Å²) in [7, 11) is 0. The van der Waals surface area contributed by atoms with Crippen LogP contribution in [0.3, 0.4) is 0 Å². The van der Waals surface area contributed by atoms with Gasteiger partial charge < -0.3 is 5.32 Å². The van der Waals surface area contributed by atoms with Crippen LogP contribution in [-0.4, -0.2) is 12.6 Å². The van der Waals surface area contributed by atoms with Gasteiger partial charge in [-0.1, -0.05) is 63.4 Å². The molecule has 0 heterocycles. The second kappa shape index (κ2) is 5.89. The summed E-state index contributed by atoms with van der Waals surface area (Å²) in [5.74, 6) is 1.67. The average Bonchev–Trinajstić information content (AvgIpc) is 3.26. The quantitative estimate of drug-likeness (QED) is 0.815. The van der Waals surface area contributed by atoms with E-state index in [-0.39, 0.29) is 0 Å². The van der Waals surface area contributed by atoms with Crippen LogP contribution in [0, 0.1) is 11.3 Å². The van der Waals surface area contributed by atoms with Gasteiger partial charge in [-0.3, -0.25) is 0 Å². The SMILES string of the molecule is CCNC(C1CC1c1ccccc1)C1(C)CCCCC1. The number of hydrogen-bond donors (Lipinski definition) is 1. The zero-order valence-corrected chi connectivity index (χ0v) is 13.1. The summed E-state index contributed by atoms with van der Waals surface area (Å²) in [6, 6.07) is 11.9.